The van der Waals surface area contributed by atoms with Crippen LogP contribution in [0.4, 0.5) is 0 Å². The number of hydrogen-bond acceptors (Lipinski definition) is 3. The molecule has 116 valence electrons. The Hall–Kier alpha value is -1.36. The molecule has 4 nitrogen and oxygen atoms in total. The third-order valence-corrected chi connectivity index (χ3v) is 4.84. The van der Waals surface area contributed by atoms with Crippen LogP contribution in [0.2, 0.25) is 0 Å². The summed E-state index contributed by atoms with van der Waals surface area (Å²) in [6.07, 6.45) is 0. The van der Waals surface area contributed by atoms with Crippen molar-refractivity contribution in [1.82, 2.24) is 10.2 Å². The van der Waals surface area contributed by atoms with Gasteiger partial charge in [0.25, 0.3) is 0 Å². The van der Waals surface area contributed by atoms with E-state index in [-0.39, 0.29) is 4.75 Å². The van der Waals surface area contributed by atoms with Crippen molar-refractivity contribution in [2.75, 3.05) is 33.0 Å². The zero-order valence-electron chi connectivity index (χ0n) is 13.3. The highest BCUT2D eigenvalue weighted by molar-refractivity contribution is 8.00. The average Bonchev–Trinajstić information content (AvgIpc) is 2.47. The minimum Gasteiger partial charge on any atom is -0.497 e. The third kappa shape index (κ3) is 4.56. The SMILES string of the molecule is CN=C(NCc1ccc(OC)cc1)N1CCSC(C)(C)C1. The summed E-state index contributed by atoms with van der Waals surface area (Å²) in [7, 11) is 3.54. The molecule has 0 aromatic heterocycles. The number of hydrogen-bond donors (Lipinski definition) is 1. The summed E-state index contributed by atoms with van der Waals surface area (Å²) < 4.78 is 5.47. The Morgan fingerprint density at radius 1 is 1.38 bits per heavy atom. The van der Waals surface area contributed by atoms with Crippen molar-refractivity contribution >= 4 is 17.7 Å². The fraction of sp³-hybridized carbons (Fsp3) is 0.562. The first-order valence-corrected chi connectivity index (χ1v) is 8.25. The number of benzene rings is 1. The standard InChI is InChI=1S/C16H25N3OS/c1-16(2)12-19(9-10-21-16)15(17-3)18-11-13-5-7-14(20-4)8-6-13/h5-8H,9-12H2,1-4H3,(H,17,18). The van der Waals surface area contributed by atoms with E-state index in [0.717, 1.165) is 37.1 Å². The first-order chi connectivity index (χ1) is 10.0. The highest BCUT2D eigenvalue weighted by Crippen LogP contribution is 2.29. The lowest BCUT2D eigenvalue weighted by molar-refractivity contribution is 0.375. The van der Waals surface area contributed by atoms with Gasteiger partial charge in [0.05, 0.1) is 7.11 Å². The zero-order chi connectivity index (χ0) is 15.3. The molecule has 21 heavy (non-hydrogen) atoms. The van der Waals surface area contributed by atoms with Crippen LogP contribution in [-0.4, -0.2) is 48.6 Å². The molecule has 5 heteroatoms. The highest BCUT2D eigenvalue weighted by atomic mass is 32.2. The summed E-state index contributed by atoms with van der Waals surface area (Å²) in [5.74, 6) is 3.02. The molecule has 1 N–H and O–H groups in total. The van der Waals surface area contributed by atoms with E-state index >= 15 is 0 Å². The van der Waals surface area contributed by atoms with Crippen LogP contribution in [0.25, 0.3) is 0 Å². The summed E-state index contributed by atoms with van der Waals surface area (Å²) in [6, 6.07) is 8.13. The van der Waals surface area contributed by atoms with Crippen LogP contribution in [0.5, 0.6) is 5.75 Å². The molecule has 1 fully saturated rings. The molecule has 0 saturated carbocycles. The number of nitrogens with zero attached hydrogens (tertiary/aromatic N) is 2. The Bertz CT molecular complexity index is 485. The van der Waals surface area contributed by atoms with Gasteiger partial charge in [0.2, 0.25) is 0 Å². The van der Waals surface area contributed by atoms with E-state index in [1.54, 1.807) is 7.11 Å². The monoisotopic (exact) mass is 307 g/mol. The Labute approximate surface area is 132 Å². The predicted molar refractivity (Wildman–Crippen MR) is 91.3 cm³/mol. The minimum absolute atomic E-state index is 0.288. The van der Waals surface area contributed by atoms with Gasteiger partial charge in [0.1, 0.15) is 5.75 Å². The van der Waals surface area contributed by atoms with Gasteiger partial charge in [-0.25, -0.2) is 0 Å². The summed E-state index contributed by atoms with van der Waals surface area (Å²) in [5, 5.41) is 3.46. The second-order valence-corrected chi connectivity index (χ2v) is 7.58. The average molecular weight is 307 g/mol. The summed E-state index contributed by atoms with van der Waals surface area (Å²) in [6.45, 7) is 7.44. The maximum absolute atomic E-state index is 5.18. The van der Waals surface area contributed by atoms with Gasteiger partial charge in [-0.05, 0) is 31.5 Å². The van der Waals surface area contributed by atoms with Crippen LogP contribution in [0, 0.1) is 0 Å². The molecule has 0 unspecified atom stereocenters. The number of nitrogens with one attached hydrogen (secondary N) is 1. The van der Waals surface area contributed by atoms with Crippen LogP contribution in [0.1, 0.15) is 19.4 Å². The molecular weight excluding hydrogens is 282 g/mol. The Morgan fingerprint density at radius 2 is 2.10 bits per heavy atom. The Kier molecular flexibility index (Phi) is 5.39. The molecule has 0 bridgehead atoms. The maximum Gasteiger partial charge on any atom is 0.193 e. The van der Waals surface area contributed by atoms with Gasteiger partial charge in [-0.15, -0.1) is 0 Å². The minimum atomic E-state index is 0.288. The van der Waals surface area contributed by atoms with E-state index in [0.29, 0.717) is 0 Å². The van der Waals surface area contributed by atoms with E-state index in [1.807, 2.05) is 30.9 Å². The Balaban J connectivity index is 1.93. The van der Waals surface area contributed by atoms with Crippen LogP contribution >= 0.6 is 11.8 Å². The fourth-order valence-electron chi connectivity index (χ4n) is 2.45. The molecule has 1 saturated heterocycles. The van der Waals surface area contributed by atoms with E-state index < -0.39 is 0 Å². The van der Waals surface area contributed by atoms with Crippen molar-refractivity contribution in [3.63, 3.8) is 0 Å². The summed E-state index contributed by atoms with van der Waals surface area (Å²) >= 11 is 2.03. The van der Waals surface area contributed by atoms with Gasteiger partial charge in [0, 0.05) is 37.2 Å². The van der Waals surface area contributed by atoms with E-state index in [4.69, 9.17) is 4.74 Å². The second kappa shape index (κ2) is 7.07. The number of methoxy groups -OCH3 is 1. The lowest BCUT2D eigenvalue weighted by Gasteiger charge is -2.39. The predicted octanol–water partition coefficient (Wildman–Crippen LogP) is 2.60. The van der Waals surface area contributed by atoms with E-state index in [1.165, 1.54) is 5.56 Å². The topological polar surface area (TPSA) is 36.9 Å². The molecule has 1 aliphatic rings. The highest BCUT2D eigenvalue weighted by Gasteiger charge is 2.28. The van der Waals surface area contributed by atoms with E-state index in [9.17, 15) is 0 Å². The molecule has 0 amide bonds. The van der Waals surface area contributed by atoms with E-state index in [2.05, 4.69) is 41.2 Å². The van der Waals surface area contributed by atoms with Crippen molar-refractivity contribution in [3.05, 3.63) is 29.8 Å². The fourth-order valence-corrected chi connectivity index (χ4v) is 3.57. The molecule has 1 aromatic rings. The molecule has 0 spiro atoms. The lowest BCUT2D eigenvalue weighted by Crippen LogP contribution is -2.50. The van der Waals surface area contributed by atoms with Crippen molar-refractivity contribution in [2.24, 2.45) is 4.99 Å². The normalized spacial score (nSPS) is 18.5. The maximum atomic E-state index is 5.18. The molecular formula is C16H25N3OS. The first kappa shape index (κ1) is 16.0. The van der Waals surface area contributed by atoms with Crippen molar-refractivity contribution in [1.29, 1.82) is 0 Å². The van der Waals surface area contributed by atoms with Crippen molar-refractivity contribution in [2.45, 2.75) is 25.1 Å². The number of thioether (sulfide) groups is 1. The first-order valence-electron chi connectivity index (χ1n) is 7.26. The van der Waals surface area contributed by atoms with Gasteiger partial charge < -0.3 is 15.0 Å². The molecule has 1 heterocycles. The zero-order valence-corrected chi connectivity index (χ0v) is 14.2. The second-order valence-electron chi connectivity index (χ2n) is 5.78. The molecule has 1 aliphatic heterocycles. The Morgan fingerprint density at radius 3 is 2.67 bits per heavy atom. The molecule has 0 atom stereocenters. The quantitative estimate of drug-likeness (QED) is 0.688. The molecule has 0 radical (unpaired) electrons. The summed E-state index contributed by atoms with van der Waals surface area (Å²) in [4.78, 5) is 6.77. The molecule has 2 rings (SSSR count). The number of guanidine groups is 1. The largest absolute Gasteiger partial charge is 0.497 e. The van der Waals surface area contributed by atoms with Crippen molar-refractivity contribution < 1.29 is 4.74 Å². The van der Waals surface area contributed by atoms with Gasteiger partial charge in [-0.1, -0.05) is 12.1 Å². The van der Waals surface area contributed by atoms with Crippen LogP contribution < -0.4 is 10.1 Å². The number of aliphatic imine (C=N–C) groups is 1. The number of ether oxygens (including phenoxy) is 1. The molecule has 0 aliphatic carbocycles. The lowest BCUT2D eigenvalue weighted by atomic mass is 10.2. The van der Waals surface area contributed by atoms with Crippen LogP contribution in [0.15, 0.2) is 29.3 Å². The molecule has 1 aromatic carbocycles. The van der Waals surface area contributed by atoms with Crippen LogP contribution in [-0.2, 0) is 6.54 Å². The van der Waals surface area contributed by atoms with Gasteiger partial charge >= 0.3 is 0 Å². The van der Waals surface area contributed by atoms with Crippen LogP contribution in [0.3, 0.4) is 0 Å². The summed E-state index contributed by atoms with van der Waals surface area (Å²) in [5.41, 5.74) is 1.22. The van der Waals surface area contributed by atoms with Crippen molar-refractivity contribution in [3.8, 4) is 5.75 Å². The number of rotatable bonds is 3. The smallest absolute Gasteiger partial charge is 0.193 e. The van der Waals surface area contributed by atoms with Gasteiger partial charge in [-0.3, -0.25) is 4.99 Å². The van der Waals surface area contributed by atoms with Gasteiger partial charge in [0.15, 0.2) is 5.96 Å². The van der Waals surface area contributed by atoms with Gasteiger partial charge in [-0.2, -0.15) is 11.8 Å². The third-order valence-electron chi connectivity index (χ3n) is 3.55.